The van der Waals surface area contributed by atoms with Gasteiger partial charge in [-0.1, -0.05) is 41.9 Å². The summed E-state index contributed by atoms with van der Waals surface area (Å²) in [5.41, 5.74) is 3.59. The smallest absolute Gasteiger partial charge is 0.340 e. The molecule has 31 heavy (non-hydrogen) atoms. The molecule has 160 valence electrons. The van der Waals surface area contributed by atoms with E-state index in [-0.39, 0.29) is 23.8 Å². The van der Waals surface area contributed by atoms with Crippen LogP contribution in [0.15, 0.2) is 57.7 Å². The highest BCUT2D eigenvalue weighted by Crippen LogP contribution is 2.40. The van der Waals surface area contributed by atoms with Crippen LogP contribution in [-0.4, -0.2) is 25.8 Å². The molecule has 0 atom stereocenters. The second-order valence-corrected chi connectivity index (χ2v) is 8.48. The molecule has 0 spiro atoms. The molecule has 2 aromatic rings. The van der Waals surface area contributed by atoms with Gasteiger partial charge in [0.05, 0.1) is 18.3 Å². The Kier molecular flexibility index (Phi) is 5.62. The molecule has 0 aliphatic carbocycles. The maximum Gasteiger partial charge on any atom is 0.340 e. The van der Waals surface area contributed by atoms with Crippen molar-refractivity contribution in [3.8, 4) is 11.5 Å². The van der Waals surface area contributed by atoms with Gasteiger partial charge >= 0.3 is 5.97 Å². The summed E-state index contributed by atoms with van der Waals surface area (Å²) >= 11 is 3.51. The first-order valence-electron chi connectivity index (χ1n) is 9.86. The molecular weight excluding hydrogens is 462 g/mol. The van der Waals surface area contributed by atoms with Crippen LogP contribution in [0.25, 0.3) is 6.08 Å². The lowest BCUT2D eigenvalue weighted by Crippen LogP contribution is -2.24. The van der Waals surface area contributed by atoms with E-state index in [1.807, 2.05) is 24.3 Å². The van der Waals surface area contributed by atoms with Crippen LogP contribution in [0.5, 0.6) is 11.5 Å². The van der Waals surface area contributed by atoms with Crippen molar-refractivity contribution in [1.29, 1.82) is 0 Å². The van der Waals surface area contributed by atoms with E-state index >= 15 is 0 Å². The van der Waals surface area contributed by atoms with Crippen molar-refractivity contribution < 1.29 is 23.8 Å². The number of hydrogen-bond acceptors (Lipinski definition) is 5. The maximum absolute atomic E-state index is 13.5. The summed E-state index contributed by atoms with van der Waals surface area (Å²) in [4.78, 5) is 27.6. The molecule has 2 aliphatic heterocycles. The van der Waals surface area contributed by atoms with E-state index in [9.17, 15) is 9.59 Å². The number of rotatable bonds is 4. The van der Waals surface area contributed by atoms with E-state index in [0.717, 1.165) is 4.47 Å². The Hall–Kier alpha value is -3.06. The largest absolute Gasteiger partial charge is 0.465 e. The number of carbonyl (C=O) groups excluding carboxylic acids is 2. The van der Waals surface area contributed by atoms with E-state index < -0.39 is 5.97 Å². The second kappa shape index (κ2) is 8.23. The molecule has 7 heteroatoms. The number of methoxy groups -OCH3 is 1. The Bertz CT molecular complexity index is 1130. The number of fused-ring (bicyclic) bond motifs is 1. The van der Waals surface area contributed by atoms with Crippen LogP contribution < -0.4 is 14.4 Å². The van der Waals surface area contributed by atoms with Crippen LogP contribution in [-0.2, 0) is 14.3 Å². The molecule has 0 saturated heterocycles. The Morgan fingerprint density at radius 3 is 2.42 bits per heavy atom. The van der Waals surface area contributed by atoms with Gasteiger partial charge < -0.3 is 14.2 Å². The van der Waals surface area contributed by atoms with E-state index in [1.54, 1.807) is 30.0 Å². The van der Waals surface area contributed by atoms with Crippen molar-refractivity contribution in [3.63, 3.8) is 0 Å². The molecule has 0 aromatic heterocycles. The van der Waals surface area contributed by atoms with Gasteiger partial charge in [0.15, 0.2) is 11.5 Å². The molecule has 2 aromatic carbocycles. The van der Waals surface area contributed by atoms with Crippen molar-refractivity contribution in [2.24, 2.45) is 0 Å². The molecule has 6 nitrogen and oxygen atoms in total. The lowest BCUT2D eigenvalue weighted by atomic mass is 10.0. The number of ether oxygens (including phenoxy) is 3. The third-order valence-corrected chi connectivity index (χ3v) is 6.09. The zero-order valence-corrected chi connectivity index (χ0v) is 19.3. The van der Waals surface area contributed by atoms with Crippen LogP contribution in [0.1, 0.15) is 37.8 Å². The highest BCUT2D eigenvalue weighted by molar-refractivity contribution is 9.10. The number of amides is 1. The van der Waals surface area contributed by atoms with Crippen LogP contribution in [0.2, 0.25) is 0 Å². The molecule has 0 radical (unpaired) electrons. The number of benzene rings is 2. The quantitative estimate of drug-likeness (QED) is 0.442. The monoisotopic (exact) mass is 483 g/mol. The van der Waals surface area contributed by atoms with E-state index in [4.69, 9.17) is 14.2 Å². The molecule has 2 aliphatic rings. The van der Waals surface area contributed by atoms with E-state index in [1.165, 1.54) is 12.7 Å². The van der Waals surface area contributed by atoms with Gasteiger partial charge in [0.25, 0.3) is 5.91 Å². The van der Waals surface area contributed by atoms with Crippen LogP contribution in [0.4, 0.5) is 5.69 Å². The number of allylic oxidation sites excluding steroid dienone is 1. The first kappa shape index (κ1) is 21.2. The van der Waals surface area contributed by atoms with Gasteiger partial charge in [0.1, 0.15) is 0 Å². The lowest BCUT2D eigenvalue weighted by molar-refractivity contribution is -0.136. The zero-order valence-electron chi connectivity index (χ0n) is 17.7. The molecule has 2 heterocycles. The van der Waals surface area contributed by atoms with Gasteiger partial charge in [-0.25, -0.2) is 4.79 Å². The summed E-state index contributed by atoms with van der Waals surface area (Å²) in [7, 11) is 1.31. The molecule has 0 fully saturated rings. The fourth-order valence-corrected chi connectivity index (χ4v) is 4.14. The number of nitrogens with zero attached hydrogens (tertiary/aromatic N) is 1. The molecule has 0 bridgehead atoms. The summed E-state index contributed by atoms with van der Waals surface area (Å²) < 4.78 is 16.5. The molecule has 4 rings (SSSR count). The lowest BCUT2D eigenvalue weighted by Gasteiger charge is -2.19. The first-order valence-corrected chi connectivity index (χ1v) is 10.7. The van der Waals surface area contributed by atoms with Crippen molar-refractivity contribution in [1.82, 2.24) is 0 Å². The summed E-state index contributed by atoms with van der Waals surface area (Å²) in [5, 5.41) is 0. The summed E-state index contributed by atoms with van der Waals surface area (Å²) in [6.07, 6.45) is 1.67. The Balaban J connectivity index is 1.80. The van der Waals surface area contributed by atoms with Crippen molar-refractivity contribution >= 4 is 39.6 Å². The number of halogens is 1. The Morgan fingerprint density at radius 2 is 1.81 bits per heavy atom. The van der Waals surface area contributed by atoms with Crippen LogP contribution >= 0.6 is 15.9 Å². The molecular formula is C24H22BrNO5. The van der Waals surface area contributed by atoms with Gasteiger partial charge in [-0.15, -0.1) is 0 Å². The highest BCUT2D eigenvalue weighted by Gasteiger charge is 2.38. The average Bonchev–Trinajstić information content (AvgIpc) is 3.29. The fraction of sp³-hybridized carbons (Fsp3) is 0.250. The third-order valence-electron chi connectivity index (χ3n) is 5.40. The average molecular weight is 484 g/mol. The second-order valence-electron chi connectivity index (χ2n) is 7.62. The third kappa shape index (κ3) is 3.74. The van der Waals surface area contributed by atoms with E-state index in [0.29, 0.717) is 34.4 Å². The minimum atomic E-state index is -0.560. The molecule has 0 N–H and O–H groups in total. The maximum atomic E-state index is 13.5. The van der Waals surface area contributed by atoms with Gasteiger partial charge in [-0.3, -0.25) is 9.69 Å². The molecule has 0 unspecified atom stereocenters. The summed E-state index contributed by atoms with van der Waals surface area (Å²) in [5.74, 6) is 0.736. The zero-order chi connectivity index (χ0) is 22.3. The molecule has 1 amide bonds. The number of hydrogen-bond donors (Lipinski definition) is 0. The summed E-state index contributed by atoms with van der Waals surface area (Å²) in [6, 6.07) is 11.3. The van der Waals surface area contributed by atoms with Gasteiger partial charge in [0.2, 0.25) is 6.79 Å². The Labute approximate surface area is 189 Å². The van der Waals surface area contributed by atoms with Crippen molar-refractivity contribution in [2.45, 2.75) is 26.7 Å². The fourth-order valence-electron chi connectivity index (χ4n) is 3.70. The molecule has 0 saturated carbocycles. The highest BCUT2D eigenvalue weighted by atomic mass is 79.9. The minimum absolute atomic E-state index is 0.146. The summed E-state index contributed by atoms with van der Waals surface area (Å²) in [6.45, 7) is 6.12. The number of anilines is 1. The first-order chi connectivity index (χ1) is 14.8. The van der Waals surface area contributed by atoms with Crippen molar-refractivity contribution in [2.75, 3.05) is 18.8 Å². The predicted octanol–water partition coefficient (Wildman–Crippen LogP) is 5.18. The normalized spacial score (nSPS) is 16.6. The number of esters is 1. The minimum Gasteiger partial charge on any atom is -0.465 e. The number of carbonyl (C=O) groups is 2. The SMILES string of the molecule is COC(=O)C1=C(C)N(c2ccc(C(C)C)cc2)C(=O)/C1=C/c1cc2c(cc1Br)OCO2. The Morgan fingerprint density at radius 1 is 1.16 bits per heavy atom. The standard InChI is InChI=1S/C24H22BrNO5/c1-13(2)15-5-7-17(8-6-15)26-14(3)22(24(28)29-4)18(23(26)27)9-16-10-20-21(11-19(16)25)31-12-30-20/h5-11,13H,12H2,1-4H3/b18-9+. The predicted molar refractivity (Wildman–Crippen MR) is 121 cm³/mol. The topological polar surface area (TPSA) is 65.1 Å². The van der Waals surface area contributed by atoms with Crippen LogP contribution in [0, 0.1) is 0 Å². The van der Waals surface area contributed by atoms with Gasteiger partial charge in [0, 0.05) is 15.9 Å². The van der Waals surface area contributed by atoms with Gasteiger partial charge in [-0.2, -0.15) is 0 Å². The van der Waals surface area contributed by atoms with Crippen LogP contribution in [0.3, 0.4) is 0 Å². The van der Waals surface area contributed by atoms with E-state index in [2.05, 4.69) is 29.8 Å². The van der Waals surface area contributed by atoms with Crippen molar-refractivity contribution in [3.05, 3.63) is 68.8 Å². The van der Waals surface area contributed by atoms with Gasteiger partial charge in [-0.05, 0) is 54.3 Å².